The van der Waals surface area contributed by atoms with Crippen molar-refractivity contribution >= 4 is 27.5 Å². The number of carbonyl (C=O) groups excluding carboxylic acids is 1. The van der Waals surface area contributed by atoms with Gasteiger partial charge in [-0.1, -0.05) is 15.9 Å². The second-order valence-corrected chi connectivity index (χ2v) is 5.94. The maximum Gasteiger partial charge on any atom is 0.265 e. The van der Waals surface area contributed by atoms with Crippen molar-refractivity contribution < 1.29 is 9.53 Å². The topological polar surface area (TPSA) is 41.6 Å². The van der Waals surface area contributed by atoms with Crippen molar-refractivity contribution in [3.63, 3.8) is 0 Å². The van der Waals surface area contributed by atoms with Gasteiger partial charge in [0.1, 0.15) is 5.75 Å². The van der Waals surface area contributed by atoms with Crippen LogP contribution < -0.4 is 15.0 Å². The summed E-state index contributed by atoms with van der Waals surface area (Å²) in [4.78, 5) is 13.8. The fraction of sp³-hybridized carbons (Fsp3) is 0.500. The van der Waals surface area contributed by atoms with Gasteiger partial charge in [-0.2, -0.15) is 0 Å². The van der Waals surface area contributed by atoms with E-state index in [9.17, 15) is 4.79 Å². The van der Waals surface area contributed by atoms with Gasteiger partial charge in [0.2, 0.25) is 0 Å². The zero-order chi connectivity index (χ0) is 13.2. The summed E-state index contributed by atoms with van der Waals surface area (Å²) in [5.74, 6) is 0.829. The van der Waals surface area contributed by atoms with Crippen molar-refractivity contribution in [3.8, 4) is 5.75 Å². The number of rotatable bonds is 5. The number of hydrogen-bond donors (Lipinski definition) is 1. The molecular weight excluding hydrogens is 308 g/mol. The summed E-state index contributed by atoms with van der Waals surface area (Å²) in [5, 5.41) is 3.47. The lowest BCUT2D eigenvalue weighted by Gasteiger charge is -2.29. The summed E-state index contributed by atoms with van der Waals surface area (Å²) in [6, 6.07) is 6.51. The average molecular weight is 325 g/mol. The largest absolute Gasteiger partial charge is 0.482 e. The molecule has 5 heteroatoms. The number of carbonyl (C=O) groups is 1. The number of nitrogens with one attached hydrogen (secondary N) is 1. The van der Waals surface area contributed by atoms with Gasteiger partial charge in [0.25, 0.3) is 5.91 Å². The van der Waals surface area contributed by atoms with Crippen LogP contribution in [0.3, 0.4) is 0 Å². The van der Waals surface area contributed by atoms with E-state index in [0.717, 1.165) is 41.5 Å². The van der Waals surface area contributed by atoms with Crippen LogP contribution in [0.5, 0.6) is 5.75 Å². The molecule has 1 aliphatic carbocycles. The lowest BCUT2D eigenvalue weighted by atomic mass is 10.2. The Hall–Kier alpha value is -1.07. The monoisotopic (exact) mass is 324 g/mol. The van der Waals surface area contributed by atoms with Crippen LogP contribution in [0.2, 0.25) is 0 Å². The number of ether oxygens (including phenoxy) is 1. The Bertz CT molecular complexity index is 488. The average Bonchev–Trinajstić information content (AvgIpc) is 3.20. The van der Waals surface area contributed by atoms with Gasteiger partial charge in [-0.3, -0.25) is 4.79 Å². The number of hydrogen-bond acceptors (Lipinski definition) is 3. The van der Waals surface area contributed by atoms with E-state index in [2.05, 4.69) is 21.2 Å². The van der Waals surface area contributed by atoms with Crippen molar-refractivity contribution in [3.05, 3.63) is 22.7 Å². The quantitative estimate of drug-likeness (QED) is 0.845. The highest BCUT2D eigenvalue weighted by Gasteiger charge is 2.25. The van der Waals surface area contributed by atoms with Gasteiger partial charge in [-0.05, 0) is 44.0 Å². The van der Waals surface area contributed by atoms with Crippen LogP contribution in [0.1, 0.15) is 19.3 Å². The van der Waals surface area contributed by atoms with E-state index in [1.54, 1.807) is 0 Å². The first-order valence-corrected chi connectivity index (χ1v) is 7.49. The molecule has 1 amide bonds. The first-order chi connectivity index (χ1) is 9.24. The van der Waals surface area contributed by atoms with Crippen LogP contribution in [0.4, 0.5) is 5.69 Å². The van der Waals surface area contributed by atoms with Gasteiger partial charge in [-0.25, -0.2) is 0 Å². The van der Waals surface area contributed by atoms with Gasteiger partial charge in [-0.15, -0.1) is 0 Å². The summed E-state index contributed by atoms with van der Waals surface area (Å²) >= 11 is 3.44. The van der Waals surface area contributed by atoms with Gasteiger partial charge >= 0.3 is 0 Å². The fourth-order valence-electron chi connectivity index (χ4n) is 2.25. The zero-order valence-corrected chi connectivity index (χ0v) is 12.3. The lowest BCUT2D eigenvalue weighted by molar-refractivity contribution is -0.121. The summed E-state index contributed by atoms with van der Waals surface area (Å²) in [5.41, 5.74) is 0.872. The molecule has 1 heterocycles. The van der Waals surface area contributed by atoms with Crippen molar-refractivity contribution in [1.82, 2.24) is 5.32 Å². The van der Waals surface area contributed by atoms with Crippen LogP contribution >= 0.6 is 15.9 Å². The molecule has 0 unspecified atom stereocenters. The van der Waals surface area contributed by atoms with Crippen LogP contribution in [-0.2, 0) is 4.79 Å². The number of halogens is 1. The Morgan fingerprint density at radius 1 is 1.42 bits per heavy atom. The van der Waals surface area contributed by atoms with E-state index in [0.29, 0.717) is 0 Å². The molecule has 4 nitrogen and oxygen atoms in total. The predicted molar refractivity (Wildman–Crippen MR) is 77.6 cm³/mol. The maximum atomic E-state index is 12.0. The number of fused-ring (bicyclic) bond motifs is 1. The first kappa shape index (κ1) is 12.9. The first-order valence-electron chi connectivity index (χ1n) is 6.70. The van der Waals surface area contributed by atoms with E-state index in [1.165, 1.54) is 12.8 Å². The second kappa shape index (κ2) is 5.51. The molecule has 0 radical (unpaired) electrons. The predicted octanol–water partition coefficient (Wildman–Crippen LogP) is 2.32. The van der Waals surface area contributed by atoms with E-state index in [4.69, 9.17) is 4.74 Å². The number of nitrogens with zero attached hydrogens (tertiary/aromatic N) is 1. The highest BCUT2D eigenvalue weighted by Crippen LogP contribution is 2.34. The molecule has 2 aliphatic rings. The van der Waals surface area contributed by atoms with E-state index in [1.807, 2.05) is 23.1 Å². The van der Waals surface area contributed by atoms with Crippen molar-refractivity contribution in [2.75, 3.05) is 24.6 Å². The molecule has 0 bridgehead atoms. The molecule has 1 fully saturated rings. The Morgan fingerprint density at radius 3 is 3.05 bits per heavy atom. The third-order valence-corrected chi connectivity index (χ3v) is 3.93. The molecule has 1 saturated carbocycles. The Labute approximate surface area is 121 Å². The van der Waals surface area contributed by atoms with E-state index < -0.39 is 0 Å². The standard InChI is InChI=1S/C14H17BrN2O2/c15-10-2-5-13-12(8-10)17(14(18)9-19-13)7-1-6-16-11-3-4-11/h2,5,8,11,16H,1,3-4,6-7,9H2. The fourth-order valence-corrected chi connectivity index (χ4v) is 2.60. The van der Waals surface area contributed by atoms with Crippen LogP contribution in [-0.4, -0.2) is 31.6 Å². The van der Waals surface area contributed by atoms with Gasteiger partial charge in [0.15, 0.2) is 6.61 Å². The van der Waals surface area contributed by atoms with Crippen LogP contribution in [0, 0.1) is 0 Å². The third kappa shape index (κ3) is 3.09. The number of amides is 1. The molecule has 0 aromatic heterocycles. The Kier molecular flexibility index (Phi) is 3.75. The van der Waals surface area contributed by atoms with Gasteiger partial charge in [0, 0.05) is 17.1 Å². The molecule has 1 N–H and O–H groups in total. The molecule has 1 aliphatic heterocycles. The van der Waals surface area contributed by atoms with Crippen LogP contribution in [0.15, 0.2) is 22.7 Å². The minimum atomic E-state index is 0.0389. The molecule has 0 spiro atoms. The molecule has 102 valence electrons. The van der Waals surface area contributed by atoms with Crippen molar-refractivity contribution in [2.24, 2.45) is 0 Å². The maximum absolute atomic E-state index is 12.0. The zero-order valence-electron chi connectivity index (χ0n) is 10.7. The summed E-state index contributed by atoms with van der Waals surface area (Å²) < 4.78 is 6.41. The van der Waals surface area contributed by atoms with E-state index in [-0.39, 0.29) is 12.5 Å². The Morgan fingerprint density at radius 2 is 2.26 bits per heavy atom. The minimum absolute atomic E-state index is 0.0389. The summed E-state index contributed by atoms with van der Waals surface area (Å²) in [6.45, 7) is 1.86. The molecule has 0 saturated heterocycles. The van der Waals surface area contributed by atoms with Crippen molar-refractivity contribution in [1.29, 1.82) is 0 Å². The Balaban J connectivity index is 1.65. The highest BCUT2D eigenvalue weighted by molar-refractivity contribution is 9.10. The molecule has 1 aromatic rings. The smallest absolute Gasteiger partial charge is 0.265 e. The molecule has 1 aromatic carbocycles. The normalized spacial score (nSPS) is 18.2. The second-order valence-electron chi connectivity index (χ2n) is 5.03. The number of anilines is 1. The van der Waals surface area contributed by atoms with Crippen LogP contribution in [0.25, 0.3) is 0 Å². The molecule has 0 atom stereocenters. The molecule has 19 heavy (non-hydrogen) atoms. The van der Waals surface area contributed by atoms with E-state index >= 15 is 0 Å². The number of benzene rings is 1. The SMILES string of the molecule is O=C1COc2ccc(Br)cc2N1CCCNC1CC1. The van der Waals surface area contributed by atoms with Gasteiger partial charge in [0.05, 0.1) is 5.69 Å². The summed E-state index contributed by atoms with van der Waals surface area (Å²) in [6.07, 6.45) is 3.56. The van der Waals surface area contributed by atoms with Crippen molar-refractivity contribution in [2.45, 2.75) is 25.3 Å². The highest BCUT2D eigenvalue weighted by atomic mass is 79.9. The third-order valence-electron chi connectivity index (χ3n) is 3.43. The summed E-state index contributed by atoms with van der Waals surface area (Å²) in [7, 11) is 0. The minimum Gasteiger partial charge on any atom is -0.482 e. The lowest BCUT2D eigenvalue weighted by Crippen LogP contribution is -2.40. The van der Waals surface area contributed by atoms with Gasteiger partial charge < -0.3 is 15.0 Å². The molecular formula is C14H17BrN2O2. The molecule has 3 rings (SSSR count).